The van der Waals surface area contributed by atoms with Crippen LogP contribution in [-0.2, 0) is 14.3 Å². The van der Waals surface area contributed by atoms with Crippen LogP contribution in [0.1, 0.15) is 27.4 Å². The quantitative estimate of drug-likeness (QED) is 0.401. The van der Waals surface area contributed by atoms with Gasteiger partial charge in [0, 0.05) is 18.2 Å². The Balaban J connectivity index is 1.18. The van der Waals surface area contributed by atoms with Crippen LogP contribution in [0, 0.1) is 5.82 Å². The van der Waals surface area contributed by atoms with Gasteiger partial charge in [-0.1, -0.05) is 48.5 Å². The van der Waals surface area contributed by atoms with Crippen molar-refractivity contribution in [1.29, 1.82) is 0 Å². The van der Waals surface area contributed by atoms with E-state index in [9.17, 15) is 18.8 Å². The molecule has 1 aliphatic carbocycles. The first-order valence-corrected chi connectivity index (χ1v) is 10.9. The molecular weight excluding hydrogens is 455 g/mol. The van der Waals surface area contributed by atoms with Crippen LogP contribution in [0.25, 0.3) is 11.1 Å². The number of hydrogen-bond acceptors (Lipinski definition) is 5. The third-order valence-corrected chi connectivity index (χ3v) is 5.52. The lowest BCUT2D eigenvalue weighted by Crippen LogP contribution is -2.30. The Bertz CT molecular complexity index is 1220. The summed E-state index contributed by atoms with van der Waals surface area (Å²) in [5.41, 5.74) is 4.23. The molecule has 35 heavy (non-hydrogen) atoms. The SMILES string of the molecule is O=C(COCCNC(=O)OCC1c2ccccc2-c2ccccc21)Nc1cc(F)cc(C(=O)O)c1. The summed E-state index contributed by atoms with van der Waals surface area (Å²) in [5.74, 6) is -2.73. The monoisotopic (exact) mass is 478 g/mol. The van der Waals surface area contributed by atoms with Gasteiger partial charge in [0.25, 0.3) is 0 Å². The Morgan fingerprint density at radius 3 is 2.26 bits per heavy atom. The van der Waals surface area contributed by atoms with Gasteiger partial charge in [-0.2, -0.15) is 0 Å². The molecule has 3 N–H and O–H groups in total. The molecule has 0 radical (unpaired) electrons. The first-order valence-electron chi connectivity index (χ1n) is 10.9. The van der Waals surface area contributed by atoms with E-state index < -0.39 is 23.8 Å². The molecule has 0 saturated heterocycles. The van der Waals surface area contributed by atoms with Crippen LogP contribution < -0.4 is 10.6 Å². The highest BCUT2D eigenvalue weighted by molar-refractivity contribution is 5.94. The number of halogens is 1. The van der Waals surface area contributed by atoms with Crippen molar-refractivity contribution < 1.29 is 33.4 Å². The molecule has 0 unspecified atom stereocenters. The smallest absolute Gasteiger partial charge is 0.407 e. The molecule has 8 nitrogen and oxygen atoms in total. The predicted molar refractivity (Wildman–Crippen MR) is 126 cm³/mol. The number of carbonyl (C=O) groups excluding carboxylic acids is 2. The van der Waals surface area contributed by atoms with Gasteiger partial charge in [0.15, 0.2) is 0 Å². The summed E-state index contributed by atoms with van der Waals surface area (Å²) in [7, 11) is 0. The van der Waals surface area contributed by atoms with E-state index in [0.717, 1.165) is 40.5 Å². The number of alkyl carbamates (subject to hydrolysis) is 1. The van der Waals surface area contributed by atoms with Crippen LogP contribution in [-0.4, -0.2) is 49.4 Å². The van der Waals surface area contributed by atoms with Gasteiger partial charge in [-0.25, -0.2) is 14.0 Å². The summed E-state index contributed by atoms with van der Waals surface area (Å²) in [6.45, 7) is -0.00536. The molecule has 4 rings (SSSR count). The van der Waals surface area contributed by atoms with Crippen LogP contribution in [0.15, 0.2) is 66.7 Å². The molecule has 2 amide bonds. The maximum absolute atomic E-state index is 13.5. The third-order valence-electron chi connectivity index (χ3n) is 5.52. The number of fused-ring (bicyclic) bond motifs is 3. The third kappa shape index (κ3) is 5.82. The standard InChI is InChI=1S/C26H23FN2O6/c27-17-11-16(25(31)32)12-18(13-17)29-24(30)15-34-10-9-28-26(33)35-14-23-21-7-3-1-5-19(21)20-6-2-4-8-22(20)23/h1-8,11-13,23H,9-10,14-15H2,(H,28,33)(H,29,30)(H,31,32). The van der Waals surface area contributed by atoms with Crippen LogP contribution in [0.4, 0.5) is 14.9 Å². The van der Waals surface area contributed by atoms with E-state index in [0.29, 0.717) is 0 Å². The van der Waals surface area contributed by atoms with Gasteiger partial charge < -0.3 is 25.2 Å². The van der Waals surface area contributed by atoms with Crippen molar-refractivity contribution in [2.45, 2.75) is 5.92 Å². The fraction of sp³-hybridized carbons (Fsp3) is 0.192. The first-order chi connectivity index (χ1) is 16.9. The van der Waals surface area contributed by atoms with Crippen LogP contribution in [0.3, 0.4) is 0 Å². The Kier molecular flexibility index (Phi) is 7.37. The summed E-state index contributed by atoms with van der Waals surface area (Å²) in [6, 6.07) is 19.1. The molecule has 0 atom stereocenters. The Morgan fingerprint density at radius 1 is 0.943 bits per heavy atom. The first kappa shape index (κ1) is 23.9. The molecular formula is C26H23FN2O6. The second kappa shape index (κ2) is 10.8. The lowest BCUT2D eigenvalue weighted by Gasteiger charge is -2.14. The molecule has 1 aliphatic rings. The molecule has 0 saturated carbocycles. The topological polar surface area (TPSA) is 114 Å². The van der Waals surface area contributed by atoms with Gasteiger partial charge in [-0.3, -0.25) is 4.79 Å². The zero-order chi connectivity index (χ0) is 24.8. The van der Waals surface area contributed by atoms with Crippen LogP contribution in [0.5, 0.6) is 0 Å². The van der Waals surface area contributed by atoms with Crippen molar-refractivity contribution in [3.63, 3.8) is 0 Å². The van der Waals surface area contributed by atoms with E-state index >= 15 is 0 Å². The predicted octanol–water partition coefficient (Wildman–Crippen LogP) is 4.02. The minimum atomic E-state index is -1.31. The number of anilines is 1. The van der Waals surface area contributed by atoms with Gasteiger partial charge in [-0.05, 0) is 40.5 Å². The molecule has 180 valence electrons. The molecule has 9 heteroatoms. The van der Waals surface area contributed by atoms with E-state index in [1.54, 1.807) is 0 Å². The van der Waals surface area contributed by atoms with Gasteiger partial charge in [0.05, 0.1) is 12.2 Å². The lowest BCUT2D eigenvalue weighted by atomic mass is 9.98. The van der Waals surface area contributed by atoms with E-state index in [4.69, 9.17) is 14.6 Å². The number of aromatic carboxylic acids is 1. The highest BCUT2D eigenvalue weighted by Crippen LogP contribution is 2.44. The van der Waals surface area contributed by atoms with Crippen LogP contribution >= 0.6 is 0 Å². The number of carboxylic acid groups (broad SMARTS) is 1. The van der Waals surface area contributed by atoms with Crippen molar-refractivity contribution >= 4 is 23.7 Å². The average Bonchev–Trinajstić information content (AvgIpc) is 3.16. The molecule has 3 aromatic carbocycles. The Labute approximate surface area is 200 Å². The molecule has 3 aromatic rings. The Hall–Kier alpha value is -4.24. The van der Waals surface area contributed by atoms with Gasteiger partial charge in [-0.15, -0.1) is 0 Å². The van der Waals surface area contributed by atoms with E-state index in [1.165, 1.54) is 0 Å². The number of carboxylic acids is 1. The van der Waals surface area contributed by atoms with Crippen molar-refractivity contribution in [2.24, 2.45) is 0 Å². The maximum Gasteiger partial charge on any atom is 0.407 e. The highest BCUT2D eigenvalue weighted by Gasteiger charge is 2.28. The van der Waals surface area contributed by atoms with Crippen molar-refractivity contribution in [3.05, 3.63) is 89.2 Å². The molecule has 0 bridgehead atoms. The Morgan fingerprint density at radius 2 is 1.60 bits per heavy atom. The van der Waals surface area contributed by atoms with E-state index in [1.807, 2.05) is 36.4 Å². The van der Waals surface area contributed by atoms with Crippen molar-refractivity contribution in [2.75, 3.05) is 31.7 Å². The van der Waals surface area contributed by atoms with Gasteiger partial charge in [0.2, 0.25) is 5.91 Å². The van der Waals surface area contributed by atoms with E-state index in [-0.39, 0.29) is 43.5 Å². The summed E-state index contributed by atoms with van der Waals surface area (Å²) in [4.78, 5) is 35.0. The zero-order valence-electron chi connectivity index (χ0n) is 18.6. The van der Waals surface area contributed by atoms with Crippen molar-refractivity contribution in [3.8, 4) is 11.1 Å². The zero-order valence-corrected chi connectivity index (χ0v) is 18.6. The fourth-order valence-corrected chi connectivity index (χ4v) is 4.02. The molecule has 0 aliphatic heterocycles. The van der Waals surface area contributed by atoms with Gasteiger partial charge in [0.1, 0.15) is 19.0 Å². The second-order valence-electron chi connectivity index (χ2n) is 7.89. The maximum atomic E-state index is 13.5. The number of amides is 2. The van der Waals surface area contributed by atoms with Gasteiger partial charge >= 0.3 is 12.1 Å². The molecule has 0 spiro atoms. The molecule has 0 fully saturated rings. The minimum absolute atomic E-state index is 0.00719. The molecule has 0 heterocycles. The largest absolute Gasteiger partial charge is 0.478 e. The summed E-state index contributed by atoms with van der Waals surface area (Å²) in [6.07, 6.45) is -0.596. The average molecular weight is 478 g/mol. The number of ether oxygens (including phenoxy) is 2. The fourth-order valence-electron chi connectivity index (χ4n) is 4.02. The van der Waals surface area contributed by atoms with Crippen LogP contribution in [0.2, 0.25) is 0 Å². The summed E-state index contributed by atoms with van der Waals surface area (Å²) >= 11 is 0. The highest BCUT2D eigenvalue weighted by atomic mass is 19.1. The van der Waals surface area contributed by atoms with E-state index in [2.05, 4.69) is 22.8 Å². The second-order valence-corrected chi connectivity index (χ2v) is 7.89. The van der Waals surface area contributed by atoms with Crippen molar-refractivity contribution in [1.82, 2.24) is 5.32 Å². The molecule has 0 aromatic heterocycles. The minimum Gasteiger partial charge on any atom is -0.478 e. The number of rotatable bonds is 9. The number of carbonyl (C=O) groups is 3. The normalized spacial score (nSPS) is 11.9. The lowest BCUT2D eigenvalue weighted by molar-refractivity contribution is -0.120. The number of nitrogens with one attached hydrogen (secondary N) is 2. The summed E-state index contributed by atoms with van der Waals surface area (Å²) in [5, 5.41) is 13.9. The number of benzene rings is 3. The number of hydrogen-bond donors (Lipinski definition) is 3. The summed E-state index contributed by atoms with van der Waals surface area (Å²) < 4.78 is 24.1.